The van der Waals surface area contributed by atoms with Crippen LogP contribution in [0.1, 0.15) is 57.8 Å². The van der Waals surface area contributed by atoms with Gasteiger partial charge in [-0.2, -0.15) is 0 Å². The Morgan fingerprint density at radius 1 is 0.938 bits per heavy atom. The van der Waals surface area contributed by atoms with Crippen molar-refractivity contribution in [2.24, 2.45) is 5.92 Å². The molecule has 2 nitrogen and oxygen atoms in total. The third-order valence-corrected chi connectivity index (χ3v) is 4.75. The third-order valence-electron chi connectivity index (χ3n) is 4.75. The summed E-state index contributed by atoms with van der Waals surface area (Å²) in [5, 5.41) is 0. The maximum Gasteiger partial charge on any atom is 0.0681 e. The molecule has 3 saturated carbocycles. The van der Waals surface area contributed by atoms with E-state index in [-0.39, 0.29) is 0 Å². The highest BCUT2D eigenvalue weighted by atomic mass is 16.5. The molecular weight excluding hydrogens is 200 g/mol. The van der Waals surface area contributed by atoms with Gasteiger partial charge in [-0.25, -0.2) is 0 Å². The van der Waals surface area contributed by atoms with Crippen LogP contribution in [0.25, 0.3) is 0 Å². The van der Waals surface area contributed by atoms with Gasteiger partial charge < -0.3 is 9.47 Å². The van der Waals surface area contributed by atoms with Crippen LogP contribution in [-0.4, -0.2) is 25.9 Å². The van der Waals surface area contributed by atoms with Gasteiger partial charge in [0.2, 0.25) is 0 Å². The minimum atomic E-state index is 0.352. The van der Waals surface area contributed by atoms with Crippen LogP contribution >= 0.6 is 0 Å². The summed E-state index contributed by atoms with van der Waals surface area (Å²) in [6.07, 6.45) is 12.8. The summed E-state index contributed by atoms with van der Waals surface area (Å²) in [5.41, 5.74) is 0.352. The van der Waals surface area contributed by atoms with Crippen molar-refractivity contribution in [1.29, 1.82) is 0 Å². The molecule has 0 aromatic carbocycles. The van der Waals surface area contributed by atoms with Crippen molar-refractivity contribution in [3.8, 4) is 0 Å². The summed E-state index contributed by atoms with van der Waals surface area (Å²) in [4.78, 5) is 0. The predicted octanol–water partition coefficient (Wildman–Crippen LogP) is 3.54. The summed E-state index contributed by atoms with van der Waals surface area (Å²) in [5.74, 6) is 1.02. The van der Waals surface area contributed by atoms with Crippen molar-refractivity contribution in [1.82, 2.24) is 0 Å². The highest BCUT2D eigenvalue weighted by Crippen LogP contribution is 2.49. The van der Waals surface area contributed by atoms with Gasteiger partial charge >= 0.3 is 0 Å². The Morgan fingerprint density at radius 3 is 1.81 bits per heavy atom. The van der Waals surface area contributed by atoms with Gasteiger partial charge in [-0.05, 0) is 50.9 Å². The first-order valence-corrected chi connectivity index (χ1v) is 6.86. The minimum Gasteiger partial charge on any atom is -0.381 e. The Morgan fingerprint density at radius 2 is 1.56 bits per heavy atom. The van der Waals surface area contributed by atoms with E-state index in [1.807, 2.05) is 7.11 Å². The zero-order chi connectivity index (χ0) is 11.4. The van der Waals surface area contributed by atoms with Crippen LogP contribution < -0.4 is 0 Å². The topological polar surface area (TPSA) is 18.5 Å². The standard InChI is InChI=1S/C8H14O.C6H12O/c1-9-8-4-2-7(6-8)3-5-8;1-7-6-4-2-3-5-6/h7H,2-6H2,1H3;6H,2-5H2,1H3. The zero-order valence-corrected chi connectivity index (χ0v) is 10.8. The smallest absolute Gasteiger partial charge is 0.0681 e. The fraction of sp³-hybridized carbons (Fsp3) is 1.00. The molecule has 94 valence electrons. The lowest BCUT2D eigenvalue weighted by atomic mass is 9.97. The number of methoxy groups -OCH3 is 2. The van der Waals surface area contributed by atoms with Gasteiger partial charge in [-0.15, -0.1) is 0 Å². The molecule has 3 aliphatic carbocycles. The van der Waals surface area contributed by atoms with Crippen LogP contribution in [-0.2, 0) is 9.47 Å². The lowest BCUT2D eigenvalue weighted by Gasteiger charge is -2.23. The molecule has 3 fully saturated rings. The van der Waals surface area contributed by atoms with E-state index in [9.17, 15) is 0 Å². The van der Waals surface area contributed by atoms with E-state index < -0.39 is 0 Å². The first-order valence-electron chi connectivity index (χ1n) is 6.86. The number of fused-ring (bicyclic) bond motifs is 2. The van der Waals surface area contributed by atoms with Crippen LogP contribution in [0.3, 0.4) is 0 Å². The predicted molar refractivity (Wildman–Crippen MR) is 65.6 cm³/mol. The molecule has 0 amide bonds. The summed E-state index contributed by atoms with van der Waals surface area (Å²) < 4.78 is 10.6. The average Bonchev–Trinajstić information content (AvgIpc) is 3.07. The molecule has 0 unspecified atom stereocenters. The molecule has 0 atom stereocenters. The summed E-state index contributed by atoms with van der Waals surface area (Å²) in [6.45, 7) is 0. The zero-order valence-electron chi connectivity index (χ0n) is 10.8. The molecule has 0 aromatic heterocycles. The number of rotatable bonds is 2. The van der Waals surface area contributed by atoms with Gasteiger partial charge in [0.15, 0.2) is 0 Å². The van der Waals surface area contributed by atoms with Gasteiger partial charge in [0, 0.05) is 14.2 Å². The second-order valence-corrected chi connectivity index (χ2v) is 5.68. The van der Waals surface area contributed by atoms with E-state index in [2.05, 4.69) is 0 Å². The Bertz CT molecular complexity index is 201. The third kappa shape index (κ3) is 2.78. The second kappa shape index (κ2) is 5.50. The van der Waals surface area contributed by atoms with Crippen LogP contribution in [0, 0.1) is 5.92 Å². The monoisotopic (exact) mass is 226 g/mol. The number of hydrogen-bond donors (Lipinski definition) is 0. The normalized spacial score (nSPS) is 37.5. The van der Waals surface area contributed by atoms with Crippen molar-refractivity contribution in [2.45, 2.75) is 69.5 Å². The Kier molecular flexibility index (Phi) is 4.26. The van der Waals surface area contributed by atoms with Gasteiger partial charge in [0.25, 0.3) is 0 Å². The lowest BCUT2D eigenvalue weighted by Crippen LogP contribution is -2.24. The number of hydrogen-bond acceptors (Lipinski definition) is 2. The van der Waals surface area contributed by atoms with E-state index in [0.29, 0.717) is 11.7 Å². The Hall–Kier alpha value is -0.0800. The van der Waals surface area contributed by atoms with Gasteiger partial charge in [-0.3, -0.25) is 0 Å². The van der Waals surface area contributed by atoms with Gasteiger partial charge in [-0.1, -0.05) is 12.8 Å². The van der Waals surface area contributed by atoms with E-state index >= 15 is 0 Å². The maximum absolute atomic E-state index is 5.49. The summed E-state index contributed by atoms with van der Waals surface area (Å²) in [7, 11) is 3.67. The van der Waals surface area contributed by atoms with Crippen molar-refractivity contribution < 1.29 is 9.47 Å². The molecule has 0 heterocycles. The van der Waals surface area contributed by atoms with E-state index in [4.69, 9.17) is 9.47 Å². The van der Waals surface area contributed by atoms with E-state index in [0.717, 1.165) is 5.92 Å². The Labute approximate surface area is 99.7 Å². The van der Waals surface area contributed by atoms with Crippen molar-refractivity contribution in [3.63, 3.8) is 0 Å². The van der Waals surface area contributed by atoms with Crippen LogP contribution in [0.5, 0.6) is 0 Å². The lowest BCUT2D eigenvalue weighted by molar-refractivity contribution is -0.000287. The molecule has 0 aliphatic heterocycles. The fourth-order valence-corrected chi connectivity index (χ4v) is 3.55. The molecule has 0 spiro atoms. The maximum atomic E-state index is 5.49. The van der Waals surface area contributed by atoms with Gasteiger partial charge in [0.05, 0.1) is 11.7 Å². The average molecular weight is 226 g/mol. The van der Waals surface area contributed by atoms with Crippen LogP contribution in [0.15, 0.2) is 0 Å². The van der Waals surface area contributed by atoms with Crippen LogP contribution in [0.2, 0.25) is 0 Å². The fourth-order valence-electron chi connectivity index (χ4n) is 3.55. The molecular formula is C14H26O2. The largest absolute Gasteiger partial charge is 0.381 e. The molecule has 0 radical (unpaired) electrons. The van der Waals surface area contributed by atoms with E-state index in [1.165, 1.54) is 57.8 Å². The number of ether oxygens (including phenoxy) is 2. The first-order chi connectivity index (χ1) is 7.78. The molecule has 0 N–H and O–H groups in total. The van der Waals surface area contributed by atoms with Crippen molar-refractivity contribution in [2.75, 3.05) is 14.2 Å². The SMILES string of the molecule is COC12CCC(CC1)C2.COC1CCCC1. The second-order valence-electron chi connectivity index (χ2n) is 5.68. The quantitative estimate of drug-likeness (QED) is 0.717. The summed E-state index contributed by atoms with van der Waals surface area (Å²) >= 11 is 0. The molecule has 16 heavy (non-hydrogen) atoms. The van der Waals surface area contributed by atoms with Crippen molar-refractivity contribution in [3.05, 3.63) is 0 Å². The highest BCUT2D eigenvalue weighted by molar-refractivity contribution is 4.97. The van der Waals surface area contributed by atoms with Gasteiger partial charge in [0.1, 0.15) is 0 Å². The Balaban J connectivity index is 0.000000125. The molecule has 0 saturated heterocycles. The van der Waals surface area contributed by atoms with E-state index in [1.54, 1.807) is 7.11 Å². The molecule has 2 bridgehead atoms. The molecule has 2 heteroatoms. The first kappa shape index (κ1) is 12.4. The highest BCUT2D eigenvalue weighted by Gasteiger charge is 2.44. The molecule has 3 aliphatic rings. The molecule has 0 aromatic rings. The van der Waals surface area contributed by atoms with Crippen molar-refractivity contribution >= 4 is 0 Å². The summed E-state index contributed by atoms with van der Waals surface area (Å²) in [6, 6.07) is 0. The van der Waals surface area contributed by atoms with Crippen LogP contribution in [0.4, 0.5) is 0 Å². The molecule has 3 rings (SSSR count). The minimum absolute atomic E-state index is 0.352.